The average Bonchev–Trinajstić information content (AvgIpc) is 2.82. The van der Waals surface area contributed by atoms with E-state index in [0.717, 1.165) is 71.4 Å². The topological polar surface area (TPSA) is 61.9 Å². The van der Waals surface area contributed by atoms with E-state index in [4.69, 9.17) is 4.74 Å². The lowest BCUT2D eigenvalue weighted by Crippen LogP contribution is -2.61. The van der Waals surface area contributed by atoms with Crippen LogP contribution in [0.3, 0.4) is 0 Å². The third-order valence-electron chi connectivity index (χ3n) is 7.71. The van der Waals surface area contributed by atoms with Crippen LogP contribution in [0.15, 0.2) is 30.3 Å². The molecule has 0 unspecified atom stereocenters. The highest BCUT2D eigenvalue weighted by Gasteiger charge is 2.52. The number of likely N-dealkylation sites (tertiary alicyclic amines) is 1. The fourth-order valence-electron chi connectivity index (χ4n) is 5.86. The fraction of sp³-hybridized carbons (Fsp3) is 0.680. The Morgan fingerprint density at radius 3 is 2.65 bits per heavy atom. The second kappa shape index (κ2) is 10.1. The van der Waals surface area contributed by atoms with Gasteiger partial charge in [0.2, 0.25) is 11.8 Å². The molecule has 1 aromatic rings. The molecular weight excluding hydrogens is 390 g/mol. The van der Waals surface area contributed by atoms with Crippen LogP contribution in [0.2, 0.25) is 0 Å². The van der Waals surface area contributed by atoms with Gasteiger partial charge in [0.15, 0.2) is 0 Å². The first-order valence-electron chi connectivity index (χ1n) is 12.0. The lowest BCUT2D eigenvalue weighted by molar-refractivity contribution is -0.150. The maximum absolute atomic E-state index is 13.5. The summed E-state index contributed by atoms with van der Waals surface area (Å²) in [5.74, 6) is 0.598. The standard InChI is InChI=1S/C25H37N3O3/c1-20(29)28-13-10-22-18-23(27-14-16-31-17-15-27)9-11-25(22,19-28)24(30)26-12-5-8-21-6-3-2-4-7-21/h2-4,6-7,22-23H,5,8-19H2,1H3,(H,26,30)/t22-,23-,25-/m1/s1. The van der Waals surface area contributed by atoms with Gasteiger partial charge in [0.25, 0.3) is 0 Å². The minimum atomic E-state index is -0.431. The summed E-state index contributed by atoms with van der Waals surface area (Å²) >= 11 is 0. The van der Waals surface area contributed by atoms with E-state index in [0.29, 0.717) is 25.0 Å². The van der Waals surface area contributed by atoms with Gasteiger partial charge in [-0.1, -0.05) is 30.3 Å². The second-order valence-corrected chi connectivity index (χ2v) is 9.50. The van der Waals surface area contributed by atoms with Crippen LogP contribution < -0.4 is 5.32 Å². The van der Waals surface area contributed by atoms with Crippen molar-refractivity contribution in [2.45, 2.75) is 51.5 Å². The summed E-state index contributed by atoms with van der Waals surface area (Å²) in [7, 11) is 0. The molecule has 3 fully saturated rings. The molecular formula is C25H37N3O3. The molecule has 2 heterocycles. The van der Waals surface area contributed by atoms with Crippen molar-refractivity contribution in [2.24, 2.45) is 11.3 Å². The molecule has 1 aromatic carbocycles. The minimum Gasteiger partial charge on any atom is -0.379 e. The summed E-state index contributed by atoms with van der Waals surface area (Å²) in [4.78, 5) is 30.1. The molecule has 170 valence electrons. The predicted octanol–water partition coefficient (Wildman–Crippen LogP) is 2.47. The van der Waals surface area contributed by atoms with Gasteiger partial charge in [0.1, 0.15) is 0 Å². The maximum Gasteiger partial charge on any atom is 0.228 e. The molecule has 1 aliphatic carbocycles. The third kappa shape index (κ3) is 5.12. The zero-order valence-corrected chi connectivity index (χ0v) is 18.9. The van der Waals surface area contributed by atoms with E-state index in [9.17, 15) is 9.59 Å². The zero-order valence-electron chi connectivity index (χ0n) is 18.9. The number of nitrogens with one attached hydrogen (secondary N) is 1. The number of benzene rings is 1. The van der Waals surface area contributed by atoms with E-state index in [1.165, 1.54) is 5.56 Å². The summed E-state index contributed by atoms with van der Waals surface area (Å²) in [6.45, 7) is 7.29. The van der Waals surface area contributed by atoms with Crippen LogP contribution >= 0.6 is 0 Å². The second-order valence-electron chi connectivity index (χ2n) is 9.50. The van der Waals surface area contributed by atoms with E-state index in [2.05, 4.69) is 34.5 Å². The van der Waals surface area contributed by atoms with E-state index in [1.807, 2.05) is 11.0 Å². The third-order valence-corrected chi connectivity index (χ3v) is 7.71. The Bertz CT molecular complexity index is 750. The summed E-state index contributed by atoms with van der Waals surface area (Å²) in [5.41, 5.74) is 0.874. The Morgan fingerprint density at radius 2 is 1.90 bits per heavy atom. The Hall–Kier alpha value is -1.92. The van der Waals surface area contributed by atoms with E-state index < -0.39 is 5.41 Å². The molecule has 2 aliphatic heterocycles. The van der Waals surface area contributed by atoms with Crippen LogP contribution in [-0.4, -0.2) is 73.6 Å². The normalized spacial score (nSPS) is 29.3. The first-order valence-corrected chi connectivity index (χ1v) is 12.0. The Labute approximate surface area is 186 Å². The summed E-state index contributed by atoms with van der Waals surface area (Å²) in [6, 6.07) is 11.0. The number of hydrogen-bond acceptors (Lipinski definition) is 4. The van der Waals surface area contributed by atoms with Gasteiger partial charge in [-0.05, 0) is 50.0 Å². The van der Waals surface area contributed by atoms with Gasteiger partial charge in [-0.2, -0.15) is 0 Å². The van der Waals surface area contributed by atoms with Crippen molar-refractivity contribution in [3.8, 4) is 0 Å². The highest BCUT2D eigenvalue weighted by atomic mass is 16.5. The molecule has 3 atom stereocenters. The number of ether oxygens (including phenoxy) is 1. The summed E-state index contributed by atoms with van der Waals surface area (Å²) in [5, 5.41) is 3.26. The SMILES string of the molecule is CC(=O)N1CC[C@@H]2C[C@H](N3CCOCC3)CC[C@@]2(C(=O)NCCCc2ccccc2)C1. The molecule has 1 saturated carbocycles. The van der Waals surface area contributed by atoms with Gasteiger partial charge >= 0.3 is 0 Å². The average molecular weight is 428 g/mol. The zero-order chi connectivity index (χ0) is 21.7. The van der Waals surface area contributed by atoms with Crippen molar-refractivity contribution < 1.29 is 14.3 Å². The monoisotopic (exact) mass is 427 g/mol. The number of aryl methyl sites for hydroxylation is 1. The molecule has 0 radical (unpaired) electrons. The number of amides is 2. The number of fused-ring (bicyclic) bond motifs is 1. The largest absolute Gasteiger partial charge is 0.379 e. The summed E-state index contributed by atoms with van der Waals surface area (Å²) < 4.78 is 5.53. The number of carbonyl (C=O) groups is 2. The van der Waals surface area contributed by atoms with Crippen LogP contribution in [0, 0.1) is 11.3 Å². The van der Waals surface area contributed by atoms with Crippen molar-refractivity contribution in [1.29, 1.82) is 0 Å². The minimum absolute atomic E-state index is 0.0880. The Kier molecular flexibility index (Phi) is 7.28. The number of carbonyl (C=O) groups excluding carboxylic acids is 2. The van der Waals surface area contributed by atoms with E-state index >= 15 is 0 Å². The molecule has 6 heteroatoms. The van der Waals surface area contributed by atoms with Crippen molar-refractivity contribution in [3.05, 3.63) is 35.9 Å². The number of hydrogen-bond donors (Lipinski definition) is 1. The number of piperidine rings is 1. The van der Waals surface area contributed by atoms with E-state index in [1.54, 1.807) is 6.92 Å². The van der Waals surface area contributed by atoms with Crippen LogP contribution in [-0.2, 0) is 20.7 Å². The van der Waals surface area contributed by atoms with Gasteiger partial charge in [0.05, 0.1) is 18.6 Å². The molecule has 0 spiro atoms. The maximum atomic E-state index is 13.5. The van der Waals surface area contributed by atoms with Crippen molar-refractivity contribution >= 4 is 11.8 Å². The van der Waals surface area contributed by atoms with Crippen LogP contribution in [0.5, 0.6) is 0 Å². The predicted molar refractivity (Wildman–Crippen MR) is 121 cm³/mol. The lowest BCUT2D eigenvalue weighted by atomic mass is 9.61. The smallest absolute Gasteiger partial charge is 0.228 e. The van der Waals surface area contributed by atoms with Crippen LogP contribution in [0.1, 0.15) is 44.6 Å². The van der Waals surface area contributed by atoms with Gasteiger partial charge in [-0.3, -0.25) is 14.5 Å². The molecule has 4 rings (SSSR count). The highest BCUT2D eigenvalue weighted by molar-refractivity contribution is 5.85. The van der Waals surface area contributed by atoms with Crippen molar-refractivity contribution in [2.75, 3.05) is 45.9 Å². The first-order chi connectivity index (χ1) is 15.1. The van der Waals surface area contributed by atoms with Crippen molar-refractivity contribution in [1.82, 2.24) is 15.1 Å². The lowest BCUT2D eigenvalue weighted by Gasteiger charge is -2.53. The quantitative estimate of drug-likeness (QED) is 0.709. The highest BCUT2D eigenvalue weighted by Crippen LogP contribution is 2.48. The molecule has 1 N–H and O–H groups in total. The van der Waals surface area contributed by atoms with Crippen LogP contribution in [0.25, 0.3) is 0 Å². The first kappa shape index (κ1) is 22.3. The van der Waals surface area contributed by atoms with Crippen LogP contribution in [0.4, 0.5) is 0 Å². The Morgan fingerprint density at radius 1 is 1.13 bits per heavy atom. The number of nitrogens with zero attached hydrogens (tertiary/aromatic N) is 2. The molecule has 0 bridgehead atoms. The number of rotatable bonds is 6. The summed E-state index contributed by atoms with van der Waals surface area (Å²) in [6.07, 6.45) is 5.79. The molecule has 31 heavy (non-hydrogen) atoms. The van der Waals surface area contributed by atoms with Gasteiger partial charge < -0.3 is 15.0 Å². The molecule has 3 aliphatic rings. The molecule has 6 nitrogen and oxygen atoms in total. The Balaban J connectivity index is 1.39. The van der Waals surface area contributed by atoms with Crippen molar-refractivity contribution in [3.63, 3.8) is 0 Å². The fourth-order valence-corrected chi connectivity index (χ4v) is 5.86. The van der Waals surface area contributed by atoms with Gasteiger partial charge in [0, 0.05) is 45.7 Å². The van der Waals surface area contributed by atoms with E-state index in [-0.39, 0.29) is 11.8 Å². The van der Waals surface area contributed by atoms with Gasteiger partial charge in [-0.15, -0.1) is 0 Å². The molecule has 2 saturated heterocycles. The molecule has 0 aromatic heterocycles. The molecule has 2 amide bonds. The van der Waals surface area contributed by atoms with Gasteiger partial charge in [-0.25, -0.2) is 0 Å². The number of morpholine rings is 1.